The van der Waals surface area contributed by atoms with E-state index in [0.717, 1.165) is 56.5 Å². The van der Waals surface area contributed by atoms with Gasteiger partial charge in [-0.15, -0.1) is 35.0 Å². The van der Waals surface area contributed by atoms with Crippen LogP contribution in [0.3, 0.4) is 0 Å². The van der Waals surface area contributed by atoms with Crippen molar-refractivity contribution in [2.45, 2.75) is 56.4 Å². The Balaban J connectivity index is 0.00000121. The van der Waals surface area contributed by atoms with E-state index in [9.17, 15) is 4.79 Å². The molecule has 144 valence electrons. The number of nitrogens with zero attached hydrogens (tertiary/aromatic N) is 4. The third-order valence-corrected chi connectivity index (χ3v) is 5.59. The Labute approximate surface area is 166 Å². The summed E-state index contributed by atoms with van der Waals surface area (Å²) < 4.78 is 2.04. The molecular formula is C18H27Cl2N5O. The molecular weight excluding hydrogens is 373 g/mol. The topological polar surface area (TPSA) is 76.5 Å². The minimum atomic E-state index is -0.646. The fourth-order valence-corrected chi connectivity index (χ4v) is 4.22. The van der Waals surface area contributed by atoms with Crippen molar-refractivity contribution < 1.29 is 4.79 Å². The number of halogens is 2. The average molecular weight is 400 g/mol. The van der Waals surface area contributed by atoms with E-state index < -0.39 is 5.54 Å². The lowest BCUT2D eigenvalue weighted by Crippen LogP contribution is -2.57. The zero-order valence-corrected chi connectivity index (χ0v) is 16.5. The number of hydrogen-bond donors (Lipinski definition) is 1. The summed E-state index contributed by atoms with van der Waals surface area (Å²) in [4.78, 5) is 15.0. The summed E-state index contributed by atoms with van der Waals surface area (Å²) in [6.07, 6.45) is 8.99. The number of carbonyl (C=O) groups excluding carboxylic acids is 1. The van der Waals surface area contributed by atoms with Gasteiger partial charge in [0.2, 0.25) is 5.91 Å². The summed E-state index contributed by atoms with van der Waals surface area (Å²) >= 11 is 0. The van der Waals surface area contributed by atoms with Gasteiger partial charge >= 0.3 is 0 Å². The lowest BCUT2D eigenvalue weighted by molar-refractivity contribution is -0.139. The fourth-order valence-electron chi connectivity index (χ4n) is 4.22. The van der Waals surface area contributed by atoms with Gasteiger partial charge in [-0.1, -0.05) is 25.3 Å². The smallest absolute Gasteiger partial charge is 0.242 e. The first kappa shape index (κ1) is 20.9. The molecule has 2 aromatic rings. The summed E-state index contributed by atoms with van der Waals surface area (Å²) in [5.74, 6) is 1.32. The maximum Gasteiger partial charge on any atom is 0.242 e. The number of piperidine rings is 1. The molecule has 1 amide bonds. The summed E-state index contributed by atoms with van der Waals surface area (Å²) in [6.45, 7) is 1.51. The maximum absolute atomic E-state index is 13.0. The molecule has 2 aromatic heterocycles. The van der Waals surface area contributed by atoms with Crippen LogP contribution in [0, 0.1) is 0 Å². The van der Waals surface area contributed by atoms with Crippen molar-refractivity contribution in [3.05, 3.63) is 30.2 Å². The van der Waals surface area contributed by atoms with Crippen LogP contribution in [0.1, 0.15) is 56.7 Å². The second kappa shape index (κ2) is 8.55. The van der Waals surface area contributed by atoms with E-state index in [0.29, 0.717) is 6.54 Å². The van der Waals surface area contributed by atoms with Crippen molar-refractivity contribution in [2.24, 2.45) is 5.73 Å². The molecule has 2 N–H and O–H groups in total. The molecule has 0 spiro atoms. The minimum Gasteiger partial charge on any atom is -0.340 e. The van der Waals surface area contributed by atoms with Gasteiger partial charge in [0.15, 0.2) is 5.65 Å². The lowest BCUT2D eigenvalue weighted by atomic mass is 9.81. The number of likely N-dealkylation sites (tertiary alicyclic amines) is 1. The average Bonchev–Trinajstić information content (AvgIpc) is 3.06. The molecule has 1 unspecified atom stereocenters. The number of hydrogen-bond acceptors (Lipinski definition) is 4. The van der Waals surface area contributed by atoms with E-state index >= 15 is 0 Å². The second-order valence-electron chi connectivity index (χ2n) is 7.29. The van der Waals surface area contributed by atoms with Crippen LogP contribution in [0.5, 0.6) is 0 Å². The highest BCUT2D eigenvalue weighted by Crippen LogP contribution is 2.31. The van der Waals surface area contributed by atoms with Gasteiger partial charge < -0.3 is 10.6 Å². The van der Waals surface area contributed by atoms with Crippen LogP contribution in [-0.2, 0) is 4.79 Å². The van der Waals surface area contributed by atoms with Crippen molar-refractivity contribution in [3.8, 4) is 0 Å². The maximum atomic E-state index is 13.0. The van der Waals surface area contributed by atoms with E-state index in [2.05, 4.69) is 10.2 Å². The van der Waals surface area contributed by atoms with Crippen LogP contribution < -0.4 is 5.73 Å². The summed E-state index contributed by atoms with van der Waals surface area (Å²) in [5, 5.41) is 8.64. The first-order chi connectivity index (χ1) is 11.7. The Bertz CT molecular complexity index is 744. The van der Waals surface area contributed by atoms with E-state index in [1.54, 1.807) is 0 Å². The number of rotatable bonds is 2. The first-order valence-electron chi connectivity index (χ1n) is 9.05. The molecule has 1 saturated heterocycles. The number of nitrogens with two attached hydrogens (primary N) is 1. The molecule has 1 atom stereocenters. The SMILES string of the molecule is Cl.Cl.NC1(C(=O)N2CCCC(c3nnc4ccccn34)C2)CCCCC1. The molecule has 4 rings (SSSR count). The molecule has 1 aliphatic carbocycles. The fraction of sp³-hybridized carbons (Fsp3) is 0.611. The molecule has 3 heterocycles. The Morgan fingerprint density at radius 1 is 1.12 bits per heavy atom. The first-order valence-corrected chi connectivity index (χ1v) is 9.05. The lowest BCUT2D eigenvalue weighted by Gasteiger charge is -2.40. The van der Waals surface area contributed by atoms with Crippen LogP contribution in [0.4, 0.5) is 0 Å². The van der Waals surface area contributed by atoms with Gasteiger partial charge in [-0.2, -0.15) is 0 Å². The number of aromatic nitrogens is 3. The predicted molar refractivity (Wildman–Crippen MR) is 106 cm³/mol. The highest BCUT2D eigenvalue weighted by molar-refractivity contribution is 5.86. The number of carbonyl (C=O) groups is 1. The predicted octanol–water partition coefficient (Wildman–Crippen LogP) is 2.94. The second-order valence-corrected chi connectivity index (χ2v) is 7.29. The third kappa shape index (κ3) is 3.82. The molecule has 1 aliphatic heterocycles. The monoisotopic (exact) mass is 399 g/mol. The van der Waals surface area contributed by atoms with Crippen molar-refractivity contribution in [1.82, 2.24) is 19.5 Å². The van der Waals surface area contributed by atoms with E-state index in [-0.39, 0.29) is 36.6 Å². The van der Waals surface area contributed by atoms with Crippen molar-refractivity contribution in [2.75, 3.05) is 13.1 Å². The Morgan fingerprint density at radius 3 is 2.65 bits per heavy atom. The quantitative estimate of drug-likeness (QED) is 0.841. The van der Waals surface area contributed by atoms with Gasteiger partial charge in [-0.25, -0.2) is 0 Å². The van der Waals surface area contributed by atoms with Gasteiger partial charge in [0.1, 0.15) is 5.82 Å². The molecule has 8 heteroatoms. The minimum absolute atomic E-state index is 0. The van der Waals surface area contributed by atoms with Crippen LogP contribution in [0.2, 0.25) is 0 Å². The number of pyridine rings is 1. The third-order valence-electron chi connectivity index (χ3n) is 5.59. The van der Waals surface area contributed by atoms with Gasteiger partial charge in [0.25, 0.3) is 0 Å². The summed E-state index contributed by atoms with van der Waals surface area (Å²) in [6, 6.07) is 5.91. The highest BCUT2D eigenvalue weighted by atomic mass is 35.5. The molecule has 0 aromatic carbocycles. The molecule has 0 bridgehead atoms. The van der Waals surface area contributed by atoms with Gasteiger partial charge in [-0.3, -0.25) is 9.20 Å². The normalized spacial score (nSPS) is 22.3. The zero-order chi connectivity index (χ0) is 16.6. The molecule has 2 aliphatic rings. The molecule has 6 nitrogen and oxygen atoms in total. The molecule has 1 saturated carbocycles. The molecule has 0 radical (unpaired) electrons. The Kier molecular flexibility index (Phi) is 6.88. The van der Waals surface area contributed by atoms with Crippen molar-refractivity contribution in [1.29, 1.82) is 0 Å². The van der Waals surface area contributed by atoms with Gasteiger partial charge in [0, 0.05) is 25.2 Å². The van der Waals surface area contributed by atoms with Crippen LogP contribution in [-0.4, -0.2) is 44.0 Å². The largest absolute Gasteiger partial charge is 0.340 e. The van der Waals surface area contributed by atoms with Crippen molar-refractivity contribution >= 4 is 36.4 Å². The van der Waals surface area contributed by atoms with E-state index in [4.69, 9.17) is 5.73 Å². The molecule has 26 heavy (non-hydrogen) atoms. The number of amides is 1. The summed E-state index contributed by atoms with van der Waals surface area (Å²) in [7, 11) is 0. The van der Waals surface area contributed by atoms with Gasteiger partial charge in [-0.05, 0) is 37.8 Å². The van der Waals surface area contributed by atoms with E-state index in [1.807, 2.05) is 33.7 Å². The Hall–Kier alpha value is -1.37. The van der Waals surface area contributed by atoms with Crippen molar-refractivity contribution in [3.63, 3.8) is 0 Å². The zero-order valence-electron chi connectivity index (χ0n) is 14.8. The standard InChI is InChI=1S/C18H25N5O.2ClH/c19-18(9-3-1-4-10-18)17(24)22-11-6-7-14(13-22)16-21-20-15-8-2-5-12-23(15)16;;/h2,5,8,12,14H,1,3-4,6-7,9-11,13,19H2;2*1H. The van der Waals surface area contributed by atoms with Crippen LogP contribution >= 0.6 is 24.8 Å². The highest BCUT2D eigenvalue weighted by Gasteiger charge is 2.40. The van der Waals surface area contributed by atoms with Crippen LogP contribution in [0.25, 0.3) is 5.65 Å². The van der Waals surface area contributed by atoms with E-state index in [1.165, 1.54) is 6.42 Å². The Morgan fingerprint density at radius 2 is 1.88 bits per heavy atom. The summed E-state index contributed by atoms with van der Waals surface area (Å²) in [5.41, 5.74) is 6.68. The van der Waals surface area contributed by atoms with Crippen LogP contribution in [0.15, 0.2) is 24.4 Å². The molecule has 2 fully saturated rings. The van der Waals surface area contributed by atoms with Gasteiger partial charge in [0.05, 0.1) is 5.54 Å². The number of fused-ring (bicyclic) bond motifs is 1.